The minimum absolute atomic E-state index is 0.142. The number of aryl methyl sites for hydroxylation is 1. The third kappa shape index (κ3) is 5.90. The lowest BCUT2D eigenvalue weighted by Gasteiger charge is -2.28. The summed E-state index contributed by atoms with van der Waals surface area (Å²) in [5.41, 5.74) is 1.09. The van der Waals surface area contributed by atoms with Crippen LogP contribution in [-0.2, 0) is 6.42 Å². The second kappa shape index (κ2) is 7.89. The van der Waals surface area contributed by atoms with Crippen LogP contribution in [0.1, 0.15) is 57.4 Å². The van der Waals surface area contributed by atoms with Crippen molar-refractivity contribution in [3.63, 3.8) is 0 Å². The van der Waals surface area contributed by atoms with E-state index in [1.807, 2.05) is 0 Å². The highest BCUT2D eigenvalue weighted by molar-refractivity contribution is 5.27. The van der Waals surface area contributed by atoms with Gasteiger partial charge in [-0.3, -0.25) is 0 Å². The van der Waals surface area contributed by atoms with E-state index in [1.165, 1.54) is 50.7 Å². The van der Waals surface area contributed by atoms with Gasteiger partial charge in [-0.1, -0.05) is 57.6 Å². The van der Waals surface area contributed by atoms with E-state index in [-0.39, 0.29) is 5.75 Å². The highest BCUT2D eigenvalue weighted by Crippen LogP contribution is 2.34. The van der Waals surface area contributed by atoms with Gasteiger partial charge in [0, 0.05) is 0 Å². The maximum Gasteiger partial charge on any atom is 0.573 e. The first kappa shape index (κ1) is 17.2. The van der Waals surface area contributed by atoms with E-state index in [9.17, 15) is 13.2 Å². The molecule has 0 radical (unpaired) electrons. The molecule has 1 fully saturated rings. The van der Waals surface area contributed by atoms with Crippen LogP contribution in [0.3, 0.4) is 0 Å². The third-order valence-corrected chi connectivity index (χ3v) is 4.66. The summed E-state index contributed by atoms with van der Waals surface area (Å²) in [5, 5.41) is 0. The average Bonchev–Trinajstić information content (AvgIpc) is 2.47. The molecule has 22 heavy (non-hydrogen) atoms. The summed E-state index contributed by atoms with van der Waals surface area (Å²) < 4.78 is 40.2. The molecule has 1 aromatic rings. The Bertz CT molecular complexity index is 431. The molecule has 0 aromatic heterocycles. The number of hydrogen-bond acceptors (Lipinski definition) is 1. The van der Waals surface area contributed by atoms with Gasteiger partial charge in [0.05, 0.1) is 0 Å². The summed E-state index contributed by atoms with van der Waals surface area (Å²) in [5.74, 6) is 1.55. The second-order valence-electron chi connectivity index (χ2n) is 6.41. The molecule has 1 nitrogen and oxygen atoms in total. The lowest BCUT2D eigenvalue weighted by Crippen LogP contribution is -2.17. The maximum absolute atomic E-state index is 12.1. The molecule has 0 atom stereocenters. The smallest absolute Gasteiger partial charge is 0.406 e. The minimum atomic E-state index is -4.61. The fourth-order valence-corrected chi connectivity index (χ4v) is 3.45. The van der Waals surface area contributed by atoms with Crippen LogP contribution in [0.2, 0.25) is 0 Å². The normalized spacial score (nSPS) is 22.5. The molecule has 1 aliphatic rings. The van der Waals surface area contributed by atoms with E-state index < -0.39 is 6.36 Å². The van der Waals surface area contributed by atoms with Crippen molar-refractivity contribution in [2.45, 2.75) is 64.7 Å². The molecular formula is C18H25F3O. The molecule has 1 aromatic carbocycles. The summed E-state index contributed by atoms with van der Waals surface area (Å²) in [6.07, 6.45) is 5.40. The first-order chi connectivity index (χ1) is 10.5. The third-order valence-electron chi connectivity index (χ3n) is 4.66. The molecule has 0 N–H and O–H groups in total. The van der Waals surface area contributed by atoms with Gasteiger partial charge in [0.25, 0.3) is 0 Å². The predicted octanol–water partition coefficient (Wildman–Crippen LogP) is 6.12. The van der Waals surface area contributed by atoms with Gasteiger partial charge in [-0.2, -0.15) is 0 Å². The molecule has 1 aliphatic carbocycles. The van der Waals surface area contributed by atoms with Crippen molar-refractivity contribution in [1.29, 1.82) is 0 Å². The van der Waals surface area contributed by atoms with Gasteiger partial charge in [0.1, 0.15) is 5.75 Å². The van der Waals surface area contributed by atoms with Crippen molar-refractivity contribution < 1.29 is 17.9 Å². The maximum atomic E-state index is 12.1. The number of hydrogen-bond donors (Lipinski definition) is 0. The SMILES string of the molecule is CCC[C@H]1CC[C@H](CCc2ccc(OC(F)(F)F)cc2)CC1. The molecule has 0 bridgehead atoms. The van der Waals surface area contributed by atoms with Crippen molar-refractivity contribution in [3.05, 3.63) is 29.8 Å². The monoisotopic (exact) mass is 314 g/mol. The quantitative estimate of drug-likeness (QED) is 0.614. The van der Waals surface area contributed by atoms with E-state index in [2.05, 4.69) is 11.7 Å². The Morgan fingerprint density at radius 3 is 2.00 bits per heavy atom. The second-order valence-corrected chi connectivity index (χ2v) is 6.41. The molecule has 0 unspecified atom stereocenters. The van der Waals surface area contributed by atoms with Gasteiger partial charge in [0.15, 0.2) is 0 Å². The number of halogens is 3. The average molecular weight is 314 g/mol. The molecule has 0 saturated heterocycles. The Hall–Kier alpha value is -1.19. The Kier molecular flexibility index (Phi) is 6.16. The van der Waals surface area contributed by atoms with E-state index in [1.54, 1.807) is 12.1 Å². The fraction of sp³-hybridized carbons (Fsp3) is 0.667. The molecule has 4 heteroatoms. The fourth-order valence-electron chi connectivity index (χ4n) is 3.45. The standard InChI is InChI=1S/C18H25F3O/c1-2-3-14-4-6-15(7-5-14)8-9-16-10-12-17(13-11-16)22-18(19,20)21/h10-15H,2-9H2,1H3/t14-,15-. The van der Waals surface area contributed by atoms with Crippen molar-refractivity contribution in [2.75, 3.05) is 0 Å². The topological polar surface area (TPSA) is 9.23 Å². The molecular weight excluding hydrogens is 289 g/mol. The Labute approximate surface area is 130 Å². The summed E-state index contributed by atoms with van der Waals surface area (Å²) in [7, 11) is 0. The van der Waals surface area contributed by atoms with Gasteiger partial charge in [0.2, 0.25) is 0 Å². The van der Waals surface area contributed by atoms with Crippen molar-refractivity contribution in [1.82, 2.24) is 0 Å². The number of ether oxygens (including phenoxy) is 1. The minimum Gasteiger partial charge on any atom is -0.406 e. The zero-order chi connectivity index (χ0) is 16.0. The van der Waals surface area contributed by atoms with Gasteiger partial charge in [-0.15, -0.1) is 13.2 Å². The van der Waals surface area contributed by atoms with Gasteiger partial charge < -0.3 is 4.74 Å². The van der Waals surface area contributed by atoms with E-state index in [0.29, 0.717) is 0 Å². The largest absolute Gasteiger partial charge is 0.573 e. The van der Waals surface area contributed by atoms with Gasteiger partial charge in [-0.05, 0) is 42.4 Å². The molecule has 0 heterocycles. The van der Waals surface area contributed by atoms with Crippen LogP contribution < -0.4 is 4.74 Å². The van der Waals surface area contributed by atoms with Gasteiger partial charge >= 0.3 is 6.36 Å². The zero-order valence-corrected chi connectivity index (χ0v) is 13.2. The molecule has 0 spiro atoms. The lowest BCUT2D eigenvalue weighted by atomic mass is 9.78. The van der Waals surface area contributed by atoms with Crippen molar-refractivity contribution in [3.8, 4) is 5.75 Å². The Balaban J connectivity index is 1.73. The molecule has 2 rings (SSSR count). The first-order valence-corrected chi connectivity index (χ1v) is 8.31. The summed E-state index contributed by atoms with van der Waals surface area (Å²) in [6.45, 7) is 2.25. The summed E-state index contributed by atoms with van der Waals surface area (Å²) in [4.78, 5) is 0. The lowest BCUT2D eigenvalue weighted by molar-refractivity contribution is -0.274. The molecule has 124 valence electrons. The molecule has 0 amide bonds. The zero-order valence-electron chi connectivity index (χ0n) is 13.2. The number of rotatable bonds is 6. The predicted molar refractivity (Wildman–Crippen MR) is 81.8 cm³/mol. The Morgan fingerprint density at radius 1 is 0.955 bits per heavy atom. The van der Waals surface area contributed by atoms with E-state index in [0.717, 1.165) is 30.2 Å². The summed E-state index contributed by atoms with van der Waals surface area (Å²) in [6, 6.07) is 6.29. The van der Waals surface area contributed by atoms with Crippen LogP contribution in [0.15, 0.2) is 24.3 Å². The van der Waals surface area contributed by atoms with Crippen LogP contribution in [0.4, 0.5) is 13.2 Å². The van der Waals surface area contributed by atoms with Crippen LogP contribution in [0.5, 0.6) is 5.75 Å². The van der Waals surface area contributed by atoms with E-state index in [4.69, 9.17) is 0 Å². The van der Waals surface area contributed by atoms with Crippen molar-refractivity contribution >= 4 is 0 Å². The summed E-state index contributed by atoms with van der Waals surface area (Å²) >= 11 is 0. The number of benzene rings is 1. The highest BCUT2D eigenvalue weighted by atomic mass is 19.4. The van der Waals surface area contributed by atoms with Crippen LogP contribution in [-0.4, -0.2) is 6.36 Å². The molecule has 0 aliphatic heterocycles. The van der Waals surface area contributed by atoms with Crippen molar-refractivity contribution in [2.24, 2.45) is 11.8 Å². The van der Waals surface area contributed by atoms with E-state index >= 15 is 0 Å². The highest BCUT2D eigenvalue weighted by Gasteiger charge is 2.30. The first-order valence-electron chi connectivity index (χ1n) is 8.31. The van der Waals surface area contributed by atoms with Gasteiger partial charge in [-0.25, -0.2) is 0 Å². The van der Waals surface area contributed by atoms with Crippen LogP contribution >= 0.6 is 0 Å². The Morgan fingerprint density at radius 2 is 1.50 bits per heavy atom. The molecule has 1 saturated carbocycles. The number of alkyl halides is 3. The van der Waals surface area contributed by atoms with Crippen LogP contribution in [0, 0.1) is 11.8 Å². The van der Waals surface area contributed by atoms with Crippen LogP contribution in [0.25, 0.3) is 0 Å².